The van der Waals surface area contributed by atoms with Gasteiger partial charge in [-0.15, -0.1) is 0 Å². The third kappa shape index (κ3) is 5.35. The topological polar surface area (TPSA) is 98.5 Å². The predicted molar refractivity (Wildman–Crippen MR) is 80.5 cm³/mol. The Morgan fingerprint density at radius 2 is 2.05 bits per heavy atom. The second-order valence-corrected chi connectivity index (χ2v) is 6.52. The Hall–Kier alpha value is -1.60. The summed E-state index contributed by atoms with van der Waals surface area (Å²) in [7, 11) is -3.71. The van der Waals surface area contributed by atoms with Gasteiger partial charge in [-0.05, 0) is 30.2 Å². The van der Waals surface area contributed by atoms with Gasteiger partial charge in [-0.2, -0.15) is 0 Å². The molecule has 0 radical (unpaired) electrons. The van der Waals surface area contributed by atoms with Crippen LogP contribution in [0.1, 0.15) is 26.3 Å². The summed E-state index contributed by atoms with van der Waals surface area (Å²) in [6.45, 7) is 6.25. The van der Waals surface area contributed by atoms with Crippen LogP contribution in [0.4, 0.5) is 0 Å². The molecule has 1 aromatic rings. The summed E-state index contributed by atoms with van der Waals surface area (Å²) >= 11 is 0. The molecule has 0 atom stereocenters. The molecule has 0 aliphatic rings. The van der Waals surface area contributed by atoms with Crippen LogP contribution >= 0.6 is 0 Å². The minimum absolute atomic E-state index is 0.0288. The number of benzene rings is 1. The average Bonchev–Trinajstić information content (AvgIpc) is 2.42. The Morgan fingerprint density at radius 1 is 1.38 bits per heavy atom. The lowest BCUT2D eigenvalue weighted by molar-refractivity contribution is -0.124. The molecule has 0 saturated heterocycles. The minimum atomic E-state index is -3.71. The summed E-state index contributed by atoms with van der Waals surface area (Å²) in [5.74, 6) is 0.507. The predicted octanol–water partition coefficient (Wildman–Crippen LogP) is 1.05. The number of ether oxygens (including phenoxy) is 1. The molecule has 0 aromatic heterocycles. The van der Waals surface area contributed by atoms with E-state index in [9.17, 15) is 13.2 Å². The lowest BCUT2D eigenvalue weighted by Gasteiger charge is -2.13. The summed E-state index contributed by atoms with van der Waals surface area (Å²) in [5.41, 5.74) is 0.761. The van der Waals surface area contributed by atoms with Crippen molar-refractivity contribution in [2.24, 2.45) is 11.1 Å². The van der Waals surface area contributed by atoms with Gasteiger partial charge in [-0.1, -0.05) is 20.8 Å². The largest absolute Gasteiger partial charge is 0.491 e. The molecule has 1 aromatic carbocycles. The number of carbonyl (C=O) groups is 1. The number of carbonyl (C=O) groups excluding carboxylic acids is 1. The molecule has 7 heteroatoms. The van der Waals surface area contributed by atoms with Crippen molar-refractivity contribution in [2.45, 2.75) is 32.1 Å². The molecule has 1 amide bonds. The number of nitrogens with two attached hydrogens (primary N) is 1. The van der Waals surface area contributed by atoms with Crippen molar-refractivity contribution >= 4 is 15.9 Å². The van der Waals surface area contributed by atoms with E-state index in [1.807, 2.05) is 20.8 Å². The van der Waals surface area contributed by atoms with E-state index in [1.165, 1.54) is 12.1 Å². The third-order valence-corrected chi connectivity index (χ3v) is 3.84. The highest BCUT2D eigenvalue weighted by atomic mass is 32.2. The van der Waals surface area contributed by atoms with E-state index < -0.39 is 10.0 Å². The maximum absolute atomic E-state index is 11.4. The van der Waals surface area contributed by atoms with E-state index in [1.54, 1.807) is 6.07 Å². The molecule has 1 rings (SSSR count). The summed E-state index contributed by atoms with van der Waals surface area (Å²) in [4.78, 5) is 11.5. The molecule has 0 bridgehead atoms. The molecule has 0 fully saturated rings. The number of primary sulfonamides is 1. The molecule has 0 saturated carbocycles. The second kappa shape index (κ2) is 7.42. The van der Waals surface area contributed by atoms with Crippen molar-refractivity contribution in [3.05, 3.63) is 23.8 Å². The quantitative estimate of drug-likeness (QED) is 0.735. The fourth-order valence-electron chi connectivity index (χ4n) is 1.69. The van der Waals surface area contributed by atoms with Crippen LogP contribution in [0.3, 0.4) is 0 Å². The van der Waals surface area contributed by atoms with Crippen molar-refractivity contribution in [1.29, 1.82) is 0 Å². The summed E-state index contributed by atoms with van der Waals surface area (Å²) < 4.78 is 28.2. The standard InChI is InChI=1S/C14H22N2O4S/c1-4-11-9-12(21(15,18)19)5-6-13(11)20-8-7-16-14(17)10(2)3/h5-6,9-10H,4,7-8H2,1-3H3,(H,16,17)(H2,15,18,19). The third-order valence-electron chi connectivity index (χ3n) is 2.92. The number of sulfonamides is 1. The van der Waals surface area contributed by atoms with Gasteiger partial charge in [0.2, 0.25) is 15.9 Å². The lowest BCUT2D eigenvalue weighted by atomic mass is 10.1. The molecule has 21 heavy (non-hydrogen) atoms. The Balaban J connectivity index is 2.66. The first-order chi connectivity index (χ1) is 9.75. The first-order valence-electron chi connectivity index (χ1n) is 6.82. The Labute approximate surface area is 125 Å². The SMILES string of the molecule is CCc1cc(S(N)(=O)=O)ccc1OCCNC(=O)C(C)C. The zero-order valence-electron chi connectivity index (χ0n) is 12.5. The number of nitrogens with one attached hydrogen (secondary N) is 1. The summed E-state index contributed by atoms with van der Waals surface area (Å²) in [6.07, 6.45) is 0.622. The van der Waals surface area contributed by atoms with Gasteiger partial charge in [0.1, 0.15) is 12.4 Å². The van der Waals surface area contributed by atoms with Crippen LogP contribution in [0.5, 0.6) is 5.75 Å². The van der Waals surface area contributed by atoms with E-state index in [0.29, 0.717) is 25.3 Å². The first-order valence-corrected chi connectivity index (χ1v) is 8.36. The molecular weight excluding hydrogens is 292 g/mol. The fraction of sp³-hybridized carbons (Fsp3) is 0.500. The van der Waals surface area contributed by atoms with Crippen LogP contribution in [-0.2, 0) is 21.2 Å². The molecule has 0 spiro atoms. The lowest BCUT2D eigenvalue weighted by Crippen LogP contribution is -2.31. The Morgan fingerprint density at radius 3 is 2.57 bits per heavy atom. The van der Waals surface area contributed by atoms with Crippen molar-refractivity contribution in [1.82, 2.24) is 5.32 Å². The van der Waals surface area contributed by atoms with Crippen LogP contribution in [-0.4, -0.2) is 27.5 Å². The molecule has 0 heterocycles. The van der Waals surface area contributed by atoms with Crippen LogP contribution in [0.15, 0.2) is 23.1 Å². The van der Waals surface area contributed by atoms with Gasteiger partial charge in [0.25, 0.3) is 0 Å². The Kier molecular flexibility index (Phi) is 6.17. The van der Waals surface area contributed by atoms with Crippen molar-refractivity contribution in [3.63, 3.8) is 0 Å². The summed E-state index contributed by atoms with van der Waals surface area (Å²) in [5, 5.41) is 7.84. The smallest absolute Gasteiger partial charge is 0.238 e. The van der Waals surface area contributed by atoms with Crippen LogP contribution < -0.4 is 15.2 Å². The highest BCUT2D eigenvalue weighted by molar-refractivity contribution is 7.89. The van der Waals surface area contributed by atoms with Gasteiger partial charge in [0.15, 0.2) is 0 Å². The highest BCUT2D eigenvalue weighted by Gasteiger charge is 2.11. The van der Waals surface area contributed by atoms with E-state index in [4.69, 9.17) is 9.88 Å². The number of hydrogen-bond acceptors (Lipinski definition) is 4. The van der Waals surface area contributed by atoms with Gasteiger partial charge in [-0.3, -0.25) is 4.79 Å². The van der Waals surface area contributed by atoms with E-state index in [0.717, 1.165) is 5.56 Å². The van der Waals surface area contributed by atoms with E-state index in [2.05, 4.69) is 5.32 Å². The second-order valence-electron chi connectivity index (χ2n) is 4.96. The highest BCUT2D eigenvalue weighted by Crippen LogP contribution is 2.22. The molecule has 3 N–H and O–H groups in total. The zero-order chi connectivity index (χ0) is 16.0. The maximum atomic E-state index is 11.4. The van der Waals surface area contributed by atoms with E-state index >= 15 is 0 Å². The molecule has 118 valence electrons. The van der Waals surface area contributed by atoms with Crippen LogP contribution in [0, 0.1) is 5.92 Å². The number of hydrogen-bond donors (Lipinski definition) is 2. The average molecular weight is 314 g/mol. The number of rotatable bonds is 7. The molecule has 6 nitrogen and oxygen atoms in total. The van der Waals surface area contributed by atoms with Gasteiger partial charge < -0.3 is 10.1 Å². The molecule has 0 aliphatic heterocycles. The fourth-order valence-corrected chi connectivity index (χ4v) is 2.25. The minimum Gasteiger partial charge on any atom is -0.491 e. The normalized spacial score (nSPS) is 11.5. The molecule has 0 aliphatic carbocycles. The van der Waals surface area contributed by atoms with Crippen molar-refractivity contribution < 1.29 is 17.9 Å². The zero-order valence-corrected chi connectivity index (χ0v) is 13.4. The summed E-state index contributed by atoms with van der Waals surface area (Å²) in [6, 6.07) is 4.51. The van der Waals surface area contributed by atoms with Gasteiger partial charge in [-0.25, -0.2) is 13.6 Å². The van der Waals surface area contributed by atoms with Crippen molar-refractivity contribution in [3.8, 4) is 5.75 Å². The molecule has 0 unspecified atom stereocenters. The first kappa shape index (κ1) is 17.5. The maximum Gasteiger partial charge on any atom is 0.238 e. The van der Waals surface area contributed by atoms with Gasteiger partial charge in [0.05, 0.1) is 11.4 Å². The van der Waals surface area contributed by atoms with Crippen LogP contribution in [0.25, 0.3) is 0 Å². The van der Waals surface area contributed by atoms with Gasteiger partial charge in [0, 0.05) is 5.92 Å². The van der Waals surface area contributed by atoms with E-state index in [-0.39, 0.29) is 16.7 Å². The van der Waals surface area contributed by atoms with Crippen molar-refractivity contribution in [2.75, 3.05) is 13.2 Å². The number of amides is 1. The Bertz CT molecular complexity index is 597. The van der Waals surface area contributed by atoms with Gasteiger partial charge >= 0.3 is 0 Å². The molecular formula is C14H22N2O4S. The van der Waals surface area contributed by atoms with Crippen LogP contribution in [0.2, 0.25) is 0 Å². The number of aryl methyl sites for hydroxylation is 1. The monoisotopic (exact) mass is 314 g/mol.